The standard InChI is InChI=1S/C14H16F3NO2/c15-14(16,17)11-20-10-8-13(19)18-9-4-7-12-5-2-1-3-6-12/h1-7H,8-11H2,(H,18,19)/b7-4+. The SMILES string of the molecule is O=C(CCOCC(F)(F)F)NC/C=C/c1ccccc1. The minimum absolute atomic E-state index is 0.0880. The summed E-state index contributed by atoms with van der Waals surface area (Å²) in [7, 11) is 0. The van der Waals surface area contributed by atoms with Crippen molar-refractivity contribution in [3.63, 3.8) is 0 Å². The Morgan fingerprint density at radius 3 is 2.60 bits per heavy atom. The van der Waals surface area contributed by atoms with Crippen LogP contribution in [0.15, 0.2) is 36.4 Å². The predicted octanol–water partition coefficient (Wildman–Crippen LogP) is 2.79. The summed E-state index contributed by atoms with van der Waals surface area (Å²) in [6.07, 6.45) is -0.825. The Bertz CT molecular complexity index is 430. The summed E-state index contributed by atoms with van der Waals surface area (Å²) in [6.45, 7) is -1.24. The lowest BCUT2D eigenvalue weighted by molar-refractivity contribution is -0.174. The molecular weight excluding hydrogens is 271 g/mol. The number of carbonyl (C=O) groups is 1. The second-order valence-electron chi connectivity index (χ2n) is 4.03. The molecule has 0 fully saturated rings. The molecule has 1 rings (SSSR count). The molecule has 0 unspecified atom stereocenters. The van der Waals surface area contributed by atoms with E-state index >= 15 is 0 Å². The molecule has 1 N–H and O–H groups in total. The number of hydrogen-bond acceptors (Lipinski definition) is 2. The topological polar surface area (TPSA) is 38.3 Å². The number of amides is 1. The highest BCUT2D eigenvalue weighted by molar-refractivity contribution is 5.76. The lowest BCUT2D eigenvalue weighted by Gasteiger charge is -2.07. The molecular formula is C14H16F3NO2. The van der Waals surface area contributed by atoms with Crippen molar-refractivity contribution >= 4 is 12.0 Å². The quantitative estimate of drug-likeness (QED) is 0.783. The fraction of sp³-hybridized carbons (Fsp3) is 0.357. The third-order valence-electron chi connectivity index (χ3n) is 2.27. The number of halogens is 3. The number of ether oxygens (including phenoxy) is 1. The molecule has 0 aliphatic heterocycles. The fourth-order valence-electron chi connectivity index (χ4n) is 1.37. The molecule has 1 aromatic carbocycles. The van der Waals surface area contributed by atoms with Crippen LogP contribution in [0.2, 0.25) is 0 Å². The van der Waals surface area contributed by atoms with Gasteiger partial charge in [0, 0.05) is 13.0 Å². The van der Waals surface area contributed by atoms with E-state index in [1.54, 1.807) is 6.08 Å². The summed E-state index contributed by atoms with van der Waals surface area (Å²) in [5.41, 5.74) is 1.01. The van der Waals surface area contributed by atoms with Gasteiger partial charge in [0.05, 0.1) is 6.61 Å². The van der Waals surface area contributed by atoms with Gasteiger partial charge >= 0.3 is 6.18 Å². The largest absolute Gasteiger partial charge is 0.411 e. The zero-order chi connectivity index (χ0) is 14.8. The van der Waals surface area contributed by atoms with Gasteiger partial charge in [-0.15, -0.1) is 0 Å². The van der Waals surface area contributed by atoms with Crippen molar-refractivity contribution < 1.29 is 22.7 Å². The van der Waals surface area contributed by atoms with E-state index < -0.39 is 12.8 Å². The minimum Gasteiger partial charge on any atom is -0.372 e. The van der Waals surface area contributed by atoms with E-state index in [4.69, 9.17) is 0 Å². The molecule has 0 atom stereocenters. The zero-order valence-electron chi connectivity index (χ0n) is 10.8. The van der Waals surface area contributed by atoms with Gasteiger partial charge in [-0.05, 0) is 5.56 Å². The van der Waals surface area contributed by atoms with Gasteiger partial charge in [-0.2, -0.15) is 13.2 Å². The van der Waals surface area contributed by atoms with E-state index in [1.807, 2.05) is 36.4 Å². The molecule has 1 amide bonds. The first kappa shape index (κ1) is 16.2. The van der Waals surface area contributed by atoms with Crippen molar-refractivity contribution in [2.24, 2.45) is 0 Å². The van der Waals surface area contributed by atoms with Gasteiger partial charge in [0.15, 0.2) is 0 Å². The Balaban J connectivity index is 2.10. The van der Waals surface area contributed by atoms with Crippen LogP contribution in [0.3, 0.4) is 0 Å². The van der Waals surface area contributed by atoms with Crippen molar-refractivity contribution in [3.05, 3.63) is 42.0 Å². The lowest BCUT2D eigenvalue weighted by atomic mass is 10.2. The third-order valence-corrected chi connectivity index (χ3v) is 2.27. The monoisotopic (exact) mass is 287 g/mol. The summed E-state index contributed by atoms with van der Waals surface area (Å²) in [4.78, 5) is 11.3. The van der Waals surface area contributed by atoms with Crippen molar-refractivity contribution in [2.45, 2.75) is 12.6 Å². The number of alkyl halides is 3. The first-order valence-electron chi connectivity index (χ1n) is 6.10. The van der Waals surface area contributed by atoms with Crippen LogP contribution in [0.5, 0.6) is 0 Å². The number of benzene rings is 1. The summed E-state index contributed by atoms with van der Waals surface area (Å²) in [5.74, 6) is -0.343. The van der Waals surface area contributed by atoms with Crippen LogP contribution >= 0.6 is 0 Å². The van der Waals surface area contributed by atoms with Crippen LogP contribution in [-0.2, 0) is 9.53 Å². The summed E-state index contributed by atoms with van der Waals surface area (Å²) < 4.78 is 39.6. The van der Waals surface area contributed by atoms with Crippen LogP contribution in [0.4, 0.5) is 13.2 Å². The molecule has 0 aliphatic carbocycles. The molecule has 3 nitrogen and oxygen atoms in total. The van der Waals surface area contributed by atoms with Crippen molar-refractivity contribution in [3.8, 4) is 0 Å². The molecule has 20 heavy (non-hydrogen) atoms. The molecule has 6 heteroatoms. The van der Waals surface area contributed by atoms with Gasteiger partial charge in [-0.3, -0.25) is 4.79 Å². The molecule has 110 valence electrons. The maximum absolute atomic E-state index is 11.8. The molecule has 0 saturated carbocycles. The summed E-state index contributed by atoms with van der Waals surface area (Å²) in [6, 6.07) is 9.54. The molecule has 0 bridgehead atoms. The van der Waals surface area contributed by atoms with Gasteiger partial charge < -0.3 is 10.1 Å². The van der Waals surface area contributed by atoms with Crippen LogP contribution < -0.4 is 5.32 Å². The second-order valence-corrected chi connectivity index (χ2v) is 4.03. The van der Waals surface area contributed by atoms with E-state index in [0.29, 0.717) is 6.54 Å². The number of carbonyl (C=O) groups excluding carboxylic acids is 1. The summed E-state index contributed by atoms with van der Waals surface area (Å²) in [5, 5.41) is 2.56. The van der Waals surface area contributed by atoms with Crippen molar-refractivity contribution in [1.82, 2.24) is 5.32 Å². The van der Waals surface area contributed by atoms with E-state index in [9.17, 15) is 18.0 Å². The first-order valence-corrected chi connectivity index (χ1v) is 6.10. The van der Waals surface area contributed by atoms with Crippen LogP contribution in [0, 0.1) is 0 Å². The van der Waals surface area contributed by atoms with Crippen LogP contribution in [-0.4, -0.2) is 31.8 Å². The normalized spacial score (nSPS) is 11.8. The highest BCUT2D eigenvalue weighted by Crippen LogP contribution is 2.14. The van der Waals surface area contributed by atoms with Crippen LogP contribution in [0.1, 0.15) is 12.0 Å². The van der Waals surface area contributed by atoms with E-state index in [2.05, 4.69) is 10.1 Å². The minimum atomic E-state index is -4.35. The Morgan fingerprint density at radius 2 is 1.95 bits per heavy atom. The van der Waals surface area contributed by atoms with Gasteiger partial charge in [-0.25, -0.2) is 0 Å². The van der Waals surface area contributed by atoms with E-state index in [1.165, 1.54) is 0 Å². The molecule has 0 spiro atoms. The molecule has 0 saturated heterocycles. The highest BCUT2D eigenvalue weighted by atomic mass is 19.4. The first-order chi connectivity index (χ1) is 9.47. The predicted molar refractivity (Wildman–Crippen MR) is 70.0 cm³/mol. The number of rotatable bonds is 7. The molecule has 0 radical (unpaired) electrons. The number of nitrogens with one attached hydrogen (secondary N) is 1. The van der Waals surface area contributed by atoms with E-state index in [0.717, 1.165) is 5.56 Å². The number of hydrogen-bond donors (Lipinski definition) is 1. The highest BCUT2D eigenvalue weighted by Gasteiger charge is 2.27. The lowest BCUT2D eigenvalue weighted by Crippen LogP contribution is -2.25. The zero-order valence-corrected chi connectivity index (χ0v) is 10.8. The Hall–Kier alpha value is -1.82. The fourth-order valence-corrected chi connectivity index (χ4v) is 1.37. The second kappa shape index (κ2) is 8.37. The van der Waals surface area contributed by atoms with E-state index in [-0.39, 0.29) is 18.9 Å². The van der Waals surface area contributed by atoms with Gasteiger partial charge in [0.1, 0.15) is 6.61 Å². The average Bonchev–Trinajstić information content (AvgIpc) is 2.40. The summed E-state index contributed by atoms with van der Waals surface area (Å²) >= 11 is 0. The maximum atomic E-state index is 11.8. The molecule has 0 aromatic heterocycles. The average molecular weight is 287 g/mol. The maximum Gasteiger partial charge on any atom is 0.411 e. The Labute approximate surface area is 115 Å². The smallest absolute Gasteiger partial charge is 0.372 e. The third kappa shape index (κ3) is 8.31. The van der Waals surface area contributed by atoms with Gasteiger partial charge in [0.25, 0.3) is 0 Å². The van der Waals surface area contributed by atoms with Gasteiger partial charge in [0.2, 0.25) is 5.91 Å². The van der Waals surface area contributed by atoms with Gasteiger partial charge in [-0.1, -0.05) is 42.5 Å². The molecule has 1 aromatic rings. The van der Waals surface area contributed by atoms with Crippen molar-refractivity contribution in [2.75, 3.05) is 19.8 Å². The Kier molecular flexibility index (Phi) is 6.79. The molecule has 0 heterocycles. The van der Waals surface area contributed by atoms with Crippen molar-refractivity contribution in [1.29, 1.82) is 0 Å². The molecule has 0 aliphatic rings. The Morgan fingerprint density at radius 1 is 1.25 bits per heavy atom. The van der Waals surface area contributed by atoms with Crippen LogP contribution in [0.25, 0.3) is 6.08 Å².